The molecule has 0 unspecified atom stereocenters. The lowest BCUT2D eigenvalue weighted by molar-refractivity contribution is -0.141. The Labute approximate surface area is 146 Å². The second kappa shape index (κ2) is 5.81. The molecule has 0 atom stereocenters. The van der Waals surface area contributed by atoms with E-state index in [1.54, 1.807) is 0 Å². The van der Waals surface area contributed by atoms with E-state index in [0.717, 1.165) is 32.9 Å². The highest BCUT2D eigenvalue weighted by Crippen LogP contribution is 2.37. The SMILES string of the molecule is COC(=O)C(c1cn(C)c2ccccc12)c1cn(C)c2ccccc12. The molecule has 4 rings (SSSR count). The molecular formula is C21H20N2O2. The minimum absolute atomic E-state index is 0.243. The zero-order valence-electron chi connectivity index (χ0n) is 14.6. The number of hydrogen-bond acceptors (Lipinski definition) is 2. The topological polar surface area (TPSA) is 36.2 Å². The summed E-state index contributed by atoms with van der Waals surface area (Å²) in [5.41, 5.74) is 4.15. The first-order chi connectivity index (χ1) is 12.1. The Morgan fingerprint density at radius 3 is 1.72 bits per heavy atom. The summed E-state index contributed by atoms with van der Waals surface area (Å²) in [6, 6.07) is 16.3. The molecule has 126 valence electrons. The van der Waals surface area contributed by atoms with Crippen LogP contribution in [0, 0.1) is 0 Å². The number of nitrogens with zero attached hydrogens (tertiary/aromatic N) is 2. The van der Waals surface area contributed by atoms with Crippen molar-refractivity contribution < 1.29 is 9.53 Å². The number of esters is 1. The van der Waals surface area contributed by atoms with E-state index in [0.29, 0.717) is 0 Å². The average molecular weight is 332 g/mol. The molecule has 0 N–H and O–H groups in total. The first kappa shape index (κ1) is 15.5. The van der Waals surface area contributed by atoms with Gasteiger partial charge >= 0.3 is 5.97 Å². The van der Waals surface area contributed by atoms with E-state index in [1.165, 1.54) is 7.11 Å². The summed E-state index contributed by atoms with van der Waals surface area (Å²) in [5.74, 6) is -0.699. The molecule has 4 nitrogen and oxygen atoms in total. The number of rotatable bonds is 3. The first-order valence-corrected chi connectivity index (χ1v) is 8.27. The molecule has 2 aromatic heterocycles. The number of carbonyl (C=O) groups is 1. The van der Waals surface area contributed by atoms with E-state index in [1.807, 2.05) is 50.8 Å². The maximum Gasteiger partial charge on any atom is 0.317 e. The average Bonchev–Trinajstić information content (AvgIpc) is 3.14. The van der Waals surface area contributed by atoms with Gasteiger partial charge in [-0.1, -0.05) is 36.4 Å². The molecule has 4 aromatic rings. The van der Waals surface area contributed by atoms with Crippen molar-refractivity contribution in [2.75, 3.05) is 7.11 Å². The largest absolute Gasteiger partial charge is 0.468 e. The third kappa shape index (κ3) is 2.33. The fraction of sp³-hybridized carbons (Fsp3) is 0.190. The number of fused-ring (bicyclic) bond motifs is 2. The second-order valence-electron chi connectivity index (χ2n) is 6.38. The van der Waals surface area contributed by atoms with Gasteiger partial charge in [0, 0.05) is 48.3 Å². The second-order valence-corrected chi connectivity index (χ2v) is 6.38. The summed E-state index contributed by atoms with van der Waals surface area (Å²) in [4.78, 5) is 12.8. The molecule has 25 heavy (non-hydrogen) atoms. The Bertz CT molecular complexity index is 1010. The minimum atomic E-state index is -0.456. The van der Waals surface area contributed by atoms with Crippen LogP contribution in [-0.4, -0.2) is 22.2 Å². The maximum absolute atomic E-state index is 12.8. The van der Waals surface area contributed by atoms with Crippen LogP contribution in [0.25, 0.3) is 21.8 Å². The fourth-order valence-electron chi connectivity index (χ4n) is 3.75. The number of aromatic nitrogens is 2. The van der Waals surface area contributed by atoms with Gasteiger partial charge in [-0.2, -0.15) is 0 Å². The summed E-state index contributed by atoms with van der Waals surface area (Å²) in [6.07, 6.45) is 4.07. The molecular weight excluding hydrogens is 312 g/mol. The molecule has 0 radical (unpaired) electrons. The zero-order valence-corrected chi connectivity index (χ0v) is 14.6. The highest BCUT2D eigenvalue weighted by Gasteiger charge is 2.29. The molecule has 0 bridgehead atoms. The number of aryl methyl sites for hydroxylation is 2. The third-order valence-electron chi connectivity index (χ3n) is 4.91. The molecule has 0 aliphatic heterocycles. The van der Waals surface area contributed by atoms with Crippen LogP contribution in [0.4, 0.5) is 0 Å². The molecule has 4 heteroatoms. The molecule has 0 aliphatic rings. The van der Waals surface area contributed by atoms with E-state index in [2.05, 4.69) is 33.4 Å². The van der Waals surface area contributed by atoms with Gasteiger partial charge < -0.3 is 13.9 Å². The van der Waals surface area contributed by atoms with Crippen LogP contribution in [0.5, 0.6) is 0 Å². The Morgan fingerprint density at radius 2 is 1.28 bits per heavy atom. The van der Waals surface area contributed by atoms with Gasteiger partial charge in [0.25, 0.3) is 0 Å². The predicted molar refractivity (Wildman–Crippen MR) is 99.7 cm³/mol. The molecule has 2 aromatic carbocycles. The molecule has 2 heterocycles. The quantitative estimate of drug-likeness (QED) is 0.532. The third-order valence-corrected chi connectivity index (χ3v) is 4.91. The summed E-state index contributed by atoms with van der Waals surface area (Å²) in [7, 11) is 5.46. The Balaban J connectivity index is 2.02. The number of benzene rings is 2. The van der Waals surface area contributed by atoms with Crippen LogP contribution in [0.1, 0.15) is 17.0 Å². The molecule has 0 fully saturated rings. The van der Waals surface area contributed by atoms with Gasteiger partial charge in [0.05, 0.1) is 7.11 Å². The molecule has 0 saturated carbocycles. The smallest absolute Gasteiger partial charge is 0.317 e. The lowest BCUT2D eigenvalue weighted by Crippen LogP contribution is -2.15. The first-order valence-electron chi connectivity index (χ1n) is 8.27. The molecule has 0 saturated heterocycles. The number of methoxy groups -OCH3 is 1. The highest BCUT2D eigenvalue weighted by atomic mass is 16.5. The summed E-state index contributed by atoms with van der Waals surface area (Å²) in [5, 5.41) is 2.15. The van der Waals surface area contributed by atoms with E-state index in [-0.39, 0.29) is 5.97 Å². The lowest BCUT2D eigenvalue weighted by atomic mass is 9.91. The van der Waals surface area contributed by atoms with Crippen molar-refractivity contribution in [1.29, 1.82) is 0 Å². The standard InChI is InChI=1S/C21H20N2O2/c1-22-12-16(14-8-4-6-10-18(14)22)20(21(24)25-3)17-13-23(2)19-11-7-5-9-15(17)19/h4-13,20H,1-3H3. The van der Waals surface area contributed by atoms with Crippen LogP contribution in [0.2, 0.25) is 0 Å². The van der Waals surface area contributed by atoms with Crippen LogP contribution < -0.4 is 0 Å². The summed E-state index contributed by atoms with van der Waals surface area (Å²) >= 11 is 0. The number of carbonyl (C=O) groups excluding carboxylic acids is 1. The van der Waals surface area contributed by atoms with Crippen molar-refractivity contribution in [3.63, 3.8) is 0 Å². The Morgan fingerprint density at radius 1 is 0.840 bits per heavy atom. The van der Waals surface area contributed by atoms with E-state index in [4.69, 9.17) is 4.74 Å². The Kier molecular flexibility index (Phi) is 3.61. The van der Waals surface area contributed by atoms with Crippen molar-refractivity contribution in [3.8, 4) is 0 Å². The van der Waals surface area contributed by atoms with Gasteiger partial charge in [-0.3, -0.25) is 4.79 Å². The fourth-order valence-corrected chi connectivity index (χ4v) is 3.75. The number of hydrogen-bond donors (Lipinski definition) is 0. The molecule has 0 aliphatic carbocycles. The number of para-hydroxylation sites is 2. The summed E-state index contributed by atoms with van der Waals surface area (Å²) < 4.78 is 9.30. The van der Waals surface area contributed by atoms with Crippen molar-refractivity contribution >= 4 is 27.8 Å². The van der Waals surface area contributed by atoms with Crippen LogP contribution in [0.3, 0.4) is 0 Å². The highest BCUT2D eigenvalue weighted by molar-refractivity contribution is 5.97. The minimum Gasteiger partial charge on any atom is -0.468 e. The van der Waals surface area contributed by atoms with Crippen molar-refractivity contribution in [2.45, 2.75) is 5.92 Å². The van der Waals surface area contributed by atoms with Gasteiger partial charge in [0.15, 0.2) is 0 Å². The van der Waals surface area contributed by atoms with Gasteiger partial charge in [-0.25, -0.2) is 0 Å². The van der Waals surface area contributed by atoms with Crippen LogP contribution in [0.15, 0.2) is 60.9 Å². The predicted octanol–water partition coefficient (Wildman–Crippen LogP) is 3.97. The van der Waals surface area contributed by atoms with Crippen LogP contribution in [-0.2, 0) is 23.6 Å². The van der Waals surface area contributed by atoms with Crippen molar-refractivity contribution in [3.05, 3.63) is 72.1 Å². The van der Waals surface area contributed by atoms with E-state index in [9.17, 15) is 4.79 Å². The van der Waals surface area contributed by atoms with Gasteiger partial charge in [-0.05, 0) is 23.3 Å². The maximum atomic E-state index is 12.8. The molecule has 0 amide bonds. The van der Waals surface area contributed by atoms with Gasteiger partial charge in [-0.15, -0.1) is 0 Å². The van der Waals surface area contributed by atoms with Crippen molar-refractivity contribution in [1.82, 2.24) is 9.13 Å². The lowest BCUT2D eigenvalue weighted by Gasteiger charge is -2.14. The van der Waals surface area contributed by atoms with Crippen LogP contribution >= 0.6 is 0 Å². The van der Waals surface area contributed by atoms with E-state index >= 15 is 0 Å². The zero-order chi connectivity index (χ0) is 17.6. The number of ether oxygens (including phenoxy) is 1. The van der Waals surface area contributed by atoms with Crippen molar-refractivity contribution in [2.24, 2.45) is 14.1 Å². The van der Waals surface area contributed by atoms with Gasteiger partial charge in [0.2, 0.25) is 0 Å². The monoisotopic (exact) mass is 332 g/mol. The van der Waals surface area contributed by atoms with E-state index < -0.39 is 5.92 Å². The van der Waals surface area contributed by atoms with Gasteiger partial charge in [0.1, 0.15) is 5.92 Å². The molecule has 0 spiro atoms. The normalized spacial score (nSPS) is 11.5. The Hall–Kier alpha value is -3.01. The summed E-state index contributed by atoms with van der Waals surface area (Å²) in [6.45, 7) is 0.